The molecule has 2 N–H and O–H groups in total. The number of nitrogens with one attached hydrogen (secondary N) is 1. The Hall–Kier alpha value is -1.92. The molecule has 0 aromatic carbocycles. The van der Waals surface area contributed by atoms with Crippen LogP contribution in [0.5, 0.6) is 0 Å². The van der Waals surface area contributed by atoms with Gasteiger partial charge in [0.2, 0.25) is 5.91 Å². The SMILES string of the molecule is CC(C(=O)N[C@@H]1CC[C@H](CC(=O)O)C1)n1cncn1. The molecule has 1 aliphatic rings. The predicted octanol–water partition coefficient (Wildman–Crippen LogP) is 0.599. The lowest BCUT2D eigenvalue weighted by atomic mass is 10.0. The molecule has 0 spiro atoms. The molecule has 0 saturated heterocycles. The van der Waals surface area contributed by atoms with Gasteiger partial charge in [0.05, 0.1) is 0 Å². The van der Waals surface area contributed by atoms with Crippen LogP contribution >= 0.6 is 0 Å². The van der Waals surface area contributed by atoms with Crippen LogP contribution < -0.4 is 5.32 Å². The summed E-state index contributed by atoms with van der Waals surface area (Å²) in [5.41, 5.74) is 0. The highest BCUT2D eigenvalue weighted by atomic mass is 16.4. The second-order valence-electron chi connectivity index (χ2n) is 5.03. The molecule has 1 aromatic heterocycles. The minimum absolute atomic E-state index is 0.0721. The van der Waals surface area contributed by atoms with Gasteiger partial charge in [-0.2, -0.15) is 5.10 Å². The lowest BCUT2D eigenvalue weighted by Crippen LogP contribution is -2.37. The Morgan fingerprint density at radius 3 is 2.95 bits per heavy atom. The number of amides is 1. The van der Waals surface area contributed by atoms with Crippen molar-refractivity contribution in [3.05, 3.63) is 12.7 Å². The van der Waals surface area contributed by atoms with E-state index in [2.05, 4.69) is 15.4 Å². The van der Waals surface area contributed by atoms with Crippen LogP contribution in [0.25, 0.3) is 0 Å². The Bertz CT molecular complexity index is 446. The normalized spacial score (nSPS) is 24.1. The topological polar surface area (TPSA) is 97.1 Å². The molecular weight excluding hydrogens is 248 g/mol. The van der Waals surface area contributed by atoms with Crippen LogP contribution in [0.3, 0.4) is 0 Å². The van der Waals surface area contributed by atoms with Crippen LogP contribution in [0.15, 0.2) is 12.7 Å². The van der Waals surface area contributed by atoms with E-state index >= 15 is 0 Å². The van der Waals surface area contributed by atoms with E-state index in [-0.39, 0.29) is 24.3 Å². The summed E-state index contributed by atoms with van der Waals surface area (Å²) >= 11 is 0. The van der Waals surface area contributed by atoms with Gasteiger partial charge in [-0.3, -0.25) is 9.59 Å². The zero-order valence-electron chi connectivity index (χ0n) is 10.8. The van der Waals surface area contributed by atoms with E-state index in [1.807, 2.05) is 0 Å². The molecular formula is C12H18N4O3. The minimum atomic E-state index is -0.770. The third-order valence-corrected chi connectivity index (χ3v) is 3.56. The molecule has 1 unspecified atom stereocenters. The summed E-state index contributed by atoms with van der Waals surface area (Å²) in [7, 11) is 0. The Morgan fingerprint density at radius 2 is 2.32 bits per heavy atom. The molecule has 0 aliphatic heterocycles. The van der Waals surface area contributed by atoms with Crippen LogP contribution in [0.4, 0.5) is 0 Å². The van der Waals surface area contributed by atoms with Crippen molar-refractivity contribution in [3.63, 3.8) is 0 Å². The Balaban J connectivity index is 1.82. The smallest absolute Gasteiger partial charge is 0.303 e. The zero-order valence-corrected chi connectivity index (χ0v) is 10.8. The first-order chi connectivity index (χ1) is 9.06. The van der Waals surface area contributed by atoms with Gasteiger partial charge in [0.15, 0.2) is 0 Å². The van der Waals surface area contributed by atoms with Gasteiger partial charge in [-0.15, -0.1) is 0 Å². The second-order valence-corrected chi connectivity index (χ2v) is 5.03. The largest absolute Gasteiger partial charge is 0.481 e. The van der Waals surface area contributed by atoms with Crippen molar-refractivity contribution in [1.29, 1.82) is 0 Å². The fourth-order valence-electron chi connectivity index (χ4n) is 2.50. The molecule has 0 bridgehead atoms. The number of carboxylic acid groups (broad SMARTS) is 1. The van der Waals surface area contributed by atoms with Gasteiger partial charge >= 0.3 is 5.97 Å². The molecule has 104 valence electrons. The molecule has 1 aliphatic carbocycles. The van der Waals surface area contributed by atoms with Crippen molar-refractivity contribution in [2.75, 3.05) is 0 Å². The molecule has 1 heterocycles. The molecule has 7 nitrogen and oxygen atoms in total. The molecule has 7 heteroatoms. The molecule has 2 rings (SSSR count). The fraction of sp³-hybridized carbons (Fsp3) is 0.667. The number of hydrogen-bond acceptors (Lipinski definition) is 4. The molecule has 3 atom stereocenters. The van der Waals surface area contributed by atoms with Crippen LogP contribution in [0.2, 0.25) is 0 Å². The summed E-state index contributed by atoms with van der Waals surface area (Å²) in [6.07, 6.45) is 5.52. The summed E-state index contributed by atoms with van der Waals surface area (Å²) in [4.78, 5) is 26.5. The number of aromatic nitrogens is 3. The van der Waals surface area contributed by atoms with E-state index in [0.29, 0.717) is 0 Å². The first kappa shape index (κ1) is 13.5. The van der Waals surface area contributed by atoms with Gasteiger partial charge in [0.1, 0.15) is 18.7 Å². The van der Waals surface area contributed by atoms with E-state index < -0.39 is 12.0 Å². The van der Waals surface area contributed by atoms with Crippen molar-refractivity contribution >= 4 is 11.9 Å². The maximum absolute atomic E-state index is 12.0. The molecule has 1 aromatic rings. The van der Waals surface area contributed by atoms with E-state index in [1.54, 1.807) is 6.92 Å². The van der Waals surface area contributed by atoms with Gasteiger partial charge in [-0.05, 0) is 32.1 Å². The van der Waals surface area contributed by atoms with Gasteiger partial charge in [0.25, 0.3) is 0 Å². The van der Waals surface area contributed by atoms with Crippen LogP contribution in [0, 0.1) is 5.92 Å². The highest BCUT2D eigenvalue weighted by Gasteiger charge is 2.28. The average Bonchev–Trinajstić information content (AvgIpc) is 2.98. The van der Waals surface area contributed by atoms with Crippen molar-refractivity contribution in [2.24, 2.45) is 5.92 Å². The average molecular weight is 266 g/mol. The van der Waals surface area contributed by atoms with Crippen LogP contribution in [-0.4, -0.2) is 37.8 Å². The lowest BCUT2D eigenvalue weighted by Gasteiger charge is -2.17. The molecule has 1 fully saturated rings. The van der Waals surface area contributed by atoms with E-state index in [4.69, 9.17) is 5.11 Å². The van der Waals surface area contributed by atoms with Gasteiger partial charge in [0, 0.05) is 12.5 Å². The van der Waals surface area contributed by atoms with Gasteiger partial charge in [-0.25, -0.2) is 9.67 Å². The highest BCUT2D eigenvalue weighted by molar-refractivity contribution is 5.80. The van der Waals surface area contributed by atoms with Crippen LogP contribution in [-0.2, 0) is 9.59 Å². The molecule has 1 amide bonds. The number of carbonyl (C=O) groups is 2. The quantitative estimate of drug-likeness (QED) is 0.813. The number of rotatable bonds is 5. The van der Waals surface area contributed by atoms with Gasteiger partial charge in [-0.1, -0.05) is 0 Å². The third-order valence-electron chi connectivity index (χ3n) is 3.56. The zero-order chi connectivity index (χ0) is 13.8. The van der Waals surface area contributed by atoms with E-state index in [9.17, 15) is 9.59 Å². The Labute approximate surface area is 111 Å². The first-order valence-electron chi connectivity index (χ1n) is 6.42. The van der Waals surface area contributed by atoms with Crippen molar-refractivity contribution in [3.8, 4) is 0 Å². The summed E-state index contributed by atoms with van der Waals surface area (Å²) in [5, 5.41) is 15.6. The highest BCUT2D eigenvalue weighted by Crippen LogP contribution is 2.28. The van der Waals surface area contributed by atoms with E-state index in [0.717, 1.165) is 19.3 Å². The predicted molar refractivity (Wildman–Crippen MR) is 66.3 cm³/mol. The van der Waals surface area contributed by atoms with Crippen molar-refractivity contribution in [1.82, 2.24) is 20.1 Å². The van der Waals surface area contributed by atoms with Crippen molar-refractivity contribution in [2.45, 2.75) is 44.7 Å². The third kappa shape index (κ3) is 3.52. The standard InChI is InChI=1S/C12H18N4O3/c1-8(16-7-13-6-14-16)12(19)15-10-3-2-9(4-10)5-11(17)18/h6-10H,2-5H2,1H3,(H,15,19)(H,17,18)/t8?,9-,10+/m0/s1. The first-order valence-corrected chi connectivity index (χ1v) is 6.42. The number of nitrogens with zero attached hydrogens (tertiary/aromatic N) is 3. The maximum atomic E-state index is 12.0. The summed E-state index contributed by atoms with van der Waals surface area (Å²) in [6, 6.07) is -0.330. The monoisotopic (exact) mass is 266 g/mol. The summed E-state index contributed by atoms with van der Waals surface area (Å²) in [5.74, 6) is -0.705. The number of aliphatic carboxylic acids is 1. The number of carbonyl (C=O) groups excluding carboxylic acids is 1. The fourth-order valence-corrected chi connectivity index (χ4v) is 2.50. The number of carboxylic acids is 1. The van der Waals surface area contributed by atoms with Crippen molar-refractivity contribution < 1.29 is 14.7 Å². The summed E-state index contributed by atoms with van der Waals surface area (Å²) < 4.78 is 1.50. The van der Waals surface area contributed by atoms with E-state index in [1.165, 1.54) is 17.3 Å². The lowest BCUT2D eigenvalue weighted by molar-refractivity contribution is -0.138. The maximum Gasteiger partial charge on any atom is 0.303 e. The van der Waals surface area contributed by atoms with Crippen LogP contribution in [0.1, 0.15) is 38.6 Å². The molecule has 0 radical (unpaired) electrons. The van der Waals surface area contributed by atoms with Gasteiger partial charge < -0.3 is 10.4 Å². The summed E-state index contributed by atoms with van der Waals surface area (Å²) in [6.45, 7) is 1.76. The Morgan fingerprint density at radius 1 is 1.53 bits per heavy atom. The molecule has 19 heavy (non-hydrogen) atoms. The minimum Gasteiger partial charge on any atom is -0.481 e. The number of hydrogen-bond donors (Lipinski definition) is 2. The second kappa shape index (κ2) is 5.81. The molecule has 1 saturated carbocycles. The Kier molecular flexibility index (Phi) is 4.13.